The highest BCUT2D eigenvalue weighted by atomic mass is 32.2. The highest BCUT2D eigenvalue weighted by molar-refractivity contribution is 7.91. The van der Waals surface area contributed by atoms with Gasteiger partial charge in [-0.1, -0.05) is 24.3 Å². The van der Waals surface area contributed by atoms with Crippen LogP contribution in [0.1, 0.15) is 20.7 Å². The molecule has 0 unspecified atom stereocenters. The van der Waals surface area contributed by atoms with E-state index < -0.39 is 53.5 Å². The first-order valence-corrected chi connectivity index (χ1v) is 12.9. The lowest BCUT2D eigenvalue weighted by Gasteiger charge is -2.11. The van der Waals surface area contributed by atoms with Crippen molar-refractivity contribution in [3.63, 3.8) is 0 Å². The van der Waals surface area contributed by atoms with Gasteiger partial charge in [0, 0.05) is 23.8 Å². The van der Waals surface area contributed by atoms with E-state index in [0.29, 0.717) is 11.5 Å². The molecule has 0 saturated heterocycles. The van der Waals surface area contributed by atoms with E-state index in [0.717, 1.165) is 18.2 Å². The summed E-state index contributed by atoms with van der Waals surface area (Å²) in [6, 6.07) is 21.0. The van der Waals surface area contributed by atoms with E-state index in [1.54, 1.807) is 0 Å². The fraction of sp³-hybridized carbons (Fsp3) is 0.0370. The Morgan fingerprint density at radius 3 is 1.85 bits per heavy atom. The van der Waals surface area contributed by atoms with Crippen molar-refractivity contribution < 1.29 is 37.3 Å². The van der Waals surface area contributed by atoms with Gasteiger partial charge in [0.2, 0.25) is 9.84 Å². The summed E-state index contributed by atoms with van der Waals surface area (Å²) in [7, 11) is -4.49. The third-order valence-electron chi connectivity index (χ3n) is 5.54. The number of hydrogen-bond donors (Lipinski definition) is 0. The fourth-order valence-corrected chi connectivity index (χ4v) is 5.21. The van der Waals surface area contributed by atoms with Crippen LogP contribution in [0, 0.1) is 20.2 Å². The molecule has 0 radical (unpaired) electrons. The van der Waals surface area contributed by atoms with Gasteiger partial charge in [0.05, 0.1) is 20.3 Å². The Kier molecular flexibility index (Phi) is 7.96. The van der Waals surface area contributed by atoms with Crippen LogP contribution in [0.5, 0.6) is 11.5 Å². The second-order valence-corrected chi connectivity index (χ2v) is 9.99. The summed E-state index contributed by atoms with van der Waals surface area (Å²) in [5.74, 6) is -1.01. The normalized spacial score (nSPS) is 10.9. The molecule has 0 heterocycles. The standard InChI is InChI=1S/C27H18N2O10S/c30-24(18-9-13-20(14-10-18)39-21-15-11-19(12-16-21)28(32)33)17-38-27(31)22-5-1-3-7-25(22)40(36,37)26-8-4-2-6-23(26)29(34)35/h1-16H,17H2. The van der Waals surface area contributed by atoms with Gasteiger partial charge in [-0.2, -0.15) is 0 Å². The maximum Gasteiger partial charge on any atom is 0.339 e. The van der Waals surface area contributed by atoms with Crippen LogP contribution in [0.2, 0.25) is 0 Å². The van der Waals surface area contributed by atoms with Crippen molar-refractivity contribution >= 4 is 33.0 Å². The molecule has 0 amide bonds. The summed E-state index contributed by atoms with van der Waals surface area (Å²) in [5.41, 5.74) is -0.962. The first-order valence-electron chi connectivity index (χ1n) is 11.4. The molecule has 0 spiro atoms. The molecule has 40 heavy (non-hydrogen) atoms. The van der Waals surface area contributed by atoms with Gasteiger partial charge in [-0.25, -0.2) is 13.2 Å². The van der Waals surface area contributed by atoms with Crippen molar-refractivity contribution in [3.05, 3.63) is 128 Å². The number of benzene rings is 4. The Balaban J connectivity index is 1.45. The van der Waals surface area contributed by atoms with Crippen LogP contribution in [0.25, 0.3) is 0 Å². The molecule has 4 aromatic carbocycles. The number of sulfone groups is 1. The average molecular weight is 563 g/mol. The van der Waals surface area contributed by atoms with Crippen LogP contribution >= 0.6 is 0 Å². The number of nitrogens with zero attached hydrogens (tertiary/aromatic N) is 2. The Hall–Kier alpha value is -5.43. The molecule has 0 aliphatic carbocycles. The lowest BCUT2D eigenvalue weighted by molar-refractivity contribution is -0.387. The number of carbonyl (C=O) groups is 2. The zero-order chi connectivity index (χ0) is 28.9. The number of nitro benzene ring substituents is 2. The third kappa shape index (κ3) is 6.00. The van der Waals surface area contributed by atoms with E-state index in [1.165, 1.54) is 78.9 Å². The molecule has 0 fully saturated rings. The molecule has 0 aromatic heterocycles. The molecular weight excluding hydrogens is 544 g/mol. The van der Waals surface area contributed by atoms with Crippen LogP contribution in [-0.4, -0.2) is 36.6 Å². The molecule has 4 aromatic rings. The highest BCUT2D eigenvalue weighted by Crippen LogP contribution is 2.31. The Morgan fingerprint density at radius 2 is 1.25 bits per heavy atom. The number of ketones is 1. The van der Waals surface area contributed by atoms with E-state index in [1.807, 2.05) is 0 Å². The SMILES string of the molecule is O=C(COC(=O)c1ccccc1S(=O)(=O)c1ccccc1[N+](=O)[O-])c1ccc(Oc2ccc([N+](=O)[O-])cc2)cc1. The number of non-ortho nitro benzene ring substituents is 1. The lowest BCUT2D eigenvalue weighted by atomic mass is 10.1. The molecule has 0 N–H and O–H groups in total. The average Bonchev–Trinajstić information content (AvgIpc) is 2.96. The Morgan fingerprint density at radius 1 is 0.700 bits per heavy atom. The van der Waals surface area contributed by atoms with Gasteiger partial charge in [-0.15, -0.1) is 0 Å². The van der Waals surface area contributed by atoms with Gasteiger partial charge in [0.1, 0.15) is 16.4 Å². The van der Waals surface area contributed by atoms with E-state index in [9.17, 15) is 38.2 Å². The maximum atomic E-state index is 13.2. The molecule has 13 heteroatoms. The van der Waals surface area contributed by atoms with Crippen molar-refractivity contribution in [1.29, 1.82) is 0 Å². The van der Waals surface area contributed by atoms with Crippen LogP contribution in [0.4, 0.5) is 11.4 Å². The second kappa shape index (κ2) is 11.5. The van der Waals surface area contributed by atoms with E-state index in [4.69, 9.17) is 9.47 Å². The number of rotatable bonds is 10. The van der Waals surface area contributed by atoms with Gasteiger partial charge in [-0.3, -0.25) is 25.0 Å². The summed E-state index contributed by atoms with van der Waals surface area (Å²) in [6.45, 7) is -0.707. The van der Waals surface area contributed by atoms with Crippen molar-refractivity contribution in [1.82, 2.24) is 0 Å². The summed E-state index contributed by atoms with van der Waals surface area (Å²) < 4.78 is 37.1. The number of Topliss-reactive ketones (excluding diaryl/α,β-unsaturated/α-hetero) is 1. The molecular formula is C27H18N2O10S. The van der Waals surface area contributed by atoms with Crippen molar-refractivity contribution in [2.75, 3.05) is 6.61 Å². The molecule has 0 saturated carbocycles. The molecule has 12 nitrogen and oxygen atoms in total. The van der Waals surface area contributed by atoms with Crippen molar-refractivity contribution in [2.24, 2.45) is 0 Å². The smallest absolute Gasteiger partial charge is 0.339 e. The number of esters is 1. The van der Waals surface area contributed by atoms with Crippen molar-refractivity contribution in [3.8, 4) is 11.5 Å². The van der Waals surface area contributed by atoms with Gasteiger partial charge in [0.15, 0.2) is 12.4 Å². The fourth-order valence-electron chi connectivity index (χ4n) is 3.60. The number of para-hydroxylation sites is 1. The predicted molar refractivity (Wildman–Crippen MR) is 139 cm³/mol. The predicted octanol–water partition coefficient (Wildman–Crippen LogP) is 5.17. The second-order valence-electron chi connectivity index (χ2n) is 8.10. The minimum atomic E-state index is -4.49. The number of nitro groups is 2. The molecule has 0 aliphatic heterocycles. The quantitative estimate of drug-likeness (QED) is 0.109. The third-order valence-corrected chi connectivity index (χ3v) is 7.40. The monoisotopic (exact) mass is 562 g/mol. The molecule has 202 valence electrons. The summed E-state index contributed by atoms with van der Waals surface area (Å²) in [5, 5.41) is 22.1. The van der Waals surface area contributed by atoms with Gasteiger partial charge >= 0.3 is 5.97 Å². The number of hydrogen-bond acceptors (Lipinski definition) is 10. The topological polar surface area (TPSA) is 173 Å². The minimum absolute atomic E-state index is 0.0931. The Bertz CT molecular complexity index is 1720. The van der Waals surface area contributed by atoms with E-state index in [-0.39, 0.29) is 16.8 Å². The van der Waals surface area contributed by atoms with E-state index >= 15 is 0 Å². The zero-order valence-corrected chi connectivity index (χ0v) is 21.1. The molecule has 4 rings (SSSR count). The largest absolute Gasteiger partial charge is 0.457 e. The Labute approximate surface area is 226 Å². The summed E-state index contributed by atoms with van der Waals surface area (Å²) in [4.78, 5) is 45.0. The summed E-state index contributed by atoms with van der Waals surface area (Å²) in [6.07, 6.45) is 0. The van der Waals surface area contributed by atoms with E-state index in [2.05, 4.69) is 0 Å². The van der Waals surface area contributed by atoms with Gasteiger partial charge in [-0.05, 0) is 54.6 Å². The van der Waals surface area contributed by atoms with Crippen LogP contribution in [0.3, 0.4) is 0 Å². The minimum Gasteiger partial charge on any atom is -0.457 e. The van der Waals surface area contributed by atoms with Gasteiger partial charge < -0.3 is 9.47 Å². The summed E-state index contributed by atoms with van der Waals surface area (Å²) >= 11 is 0. The number of carbonyl (C=O) groups excluding carboxylic acids is 2. The molecule has 0 aliphatic rings. The first-order chi connectivity index (χ1) is 19.1. The van der Waals surface area contributed by atoms with Crippen LogP contribution in [0.15, 0.2) is 107 Å². The van der Waals surface area contributed by atoms with Crippen molar-refractivity contribution in [2.45, 2.75) is 9.79 Å². The first kappa shape index (κ1) is 27.6. The number of ether oxygens (including phenoxy) is 2. The maximum absolute atomic E-state index is 13.2. The van der Waals surface area contributed by atoms with Crippen LogP contribution < -0.4 is 4.74 Å². The lowest BCUT2D eigenvalue weighted by Crippen LogP contribution is -2.17. The zero-order valence-electron chi connectivity index (χ0n) is 20.3. The molecule has 0 atom stereocenters. The van der Waals surface area contributed by atoms with Gasteiger partial charge in [0.25, 0.3) is 11.4 Å². The highest BCUT2D eigenvalue weighted by Gasteiger charge is 2.31. The molecule has 0 bridgehead atoms. The van der Waals surface area contributed by atoms with Crippen LogP contribution in [-0.2, 0) is 14.6 Å².